The molecule has 0 amide bonds. The first-order valence-corrected chi connectivity index (χ1v) is 6.54. The molecule has 0 radical (unpaired) electrons. The Hall–Kier alpha value is -2.63. The Balaban J connectivity index is 1.76. The zero-order valence-corrected chi connectivity index (χ0v) is 11.8. The molecule has 0 aliphatic rings. The van der Waals surface area contributed by atoms with Crippen molar-refractivity contribution in [2.45, 2.75) is 13.5 Å². The molecule has 0 aliphatic carbocycles. The van der Waals surface area contributed by atoms with Crippen molar-refractivity contribution in [2.75, 3.05) is 12.4 Å². The molecule has 2 heterocycles. The van der Waals surface area contributed by atoms with Gasteiger partial charge in [0.2, 0.25) is 0 Å². The number of nitrogens with one attached hydrogen (secondary N) is 1. The van der Waals surface area contributed by atoms with Gasteiger partial charge in [-0.1, -0.05) is 0 Å². The van der Waals surface area contributed by atoms with Crippen molar-refractivity contribution in [3.8, 4) is 5.75 Å². The molecule has 108 valence electrons. The van der Waals surface area contributed by atoms with Gasteiger partial charge in [-0.3, -0.25) is 0 Å². The summed E-state index contributed by atoms with van der Waals surface area (Å²) >= 11 is 0. The van der Waals surface area contributed by atoms with E-state index in [0.29, 0.717) is 6.54 Å². The summed E-state index contributed by atoms with van der Waals surface area (Å²) in [4.78, 5) is 4.34. The van der Waals surface area contributed by atoms with Gasteiger partial charge in [0.25, 0.3) is 0 Å². The van der Waals surface area contributed by atoms with Gasteiger partial charge < -0.3 is 10.1 Å². The molecule has 0 unspecified atom stereocenters. The minimum absolute atomic E-state index is 0.219. The lowest BCUT2D eigenvalue weighted by Gasteiger charge is -2.09. The van der Waals surface area contributed by atoms with Crippen molar-refractivity contribution < 1.29 is 9.13 Å². The fourth-order valence-electron chi connectivity index (χ4n) is 2.10. The summed E-state index contributed by atoms with van der Waals surface area (Å²) in [6, 6.07) is 6.59. The fourth-order valence-corrected chi connectivity index (χ4v) is 2.10. The third kappa shape index (κ3) is 2.79. The molecule has 0 aliphatic heterocycles. The minimum Gasteiger partial charge on any atom is -0.494 e. The smallest absolute Gasteiger partial charge is 0.165 e. The highest BCUT2D eigenvalue weighted by molar-refractivity contribution is 5.49. The normalized spacial score (nSPS) is 10.8. The Morgan fingerprint density at radius 3 is 3.00 bits per heavy atom. The van der Waals surface area contributed by atoms with Crippen molar-refractivity contribution in [3.05, 3.63) is 53.7 Å². The van der Waals surface area contributed by atoms with Crippen LogP contribution in [0.4, 0.5) is 10.1 Å². The molecule has 0 saturated carbocycles. The summed E-state index contributed by atoms with van der Waals surface area (Å²) in [5, 5.41) is 7.53. The number of benzene rings is 1. The molecule has 1 N–H and O–H groups in total. The van der Waals surface area contributed by atoms with Crippen LogP contribution in [0.2, 0.25) is 0 Å². The van der Waals surface area contributed by atoms with Gasteiger partial charge in [-0.05, 0) is 19.1 Å². The Morgan fingerprint density at radius 2 is 2.19 bits per heavy atom. The van der Waals surface area contributed by atoms with Gasteiger partial charge in [-0.2, -0.15) is 5.10 Å². The van der Waals surface area contributed by atoms with E-state index >= 15 is 0 Å². The number of rotatable bonds is 4. The van der Waals surface area contributed by atoms with Crippen LogP contribution >= 0.6 is 0 Å². The van der Waals surface area contributed by atoms with E-state index in [-0.39, 0.29) is 11.6 Å². The number of hydrogen-bond acceptors (Lipinski definition) is 4. The molecule has 0 bridgehead atoms. The third-order valence-corrected chi connectivity index (χ3v) is 3.14. The van der Waals surface area contributed by atoms with Gasteiger partial charge in [0.15, 0.2) is 17.2 Å². The molecule has 0 spiro atoms. The summed E-state index contributed by atoms with van der Waals surface area (Å²) < 4.78 is 20.0. The van der Waals surface area contributed by atoms with Crippen molar-refractivity contribution in [1.82, 2.24) is 14.6 Å². The third-order valence-electron chi connectivity index (χ3n) is 3.14. The SMILES string of the molecule is COc1cc(NCc2cnc3cc(C)nn3c2)ccc1F. The van der Waals surface area contributed by atoms with Crippen LogP contribution in [-0.4, -0.2) is 21.7 Å². The number of halogens is 1. The van der Waals surface area contributed by atoms with E-state index in [4.69, 9.17) is 4.74 Å². The van der Waals surface area contributed by atoms with Gasteiger partial charge in [-0.15, -0.1) is 0 Å². The highest BCUT2D eigenvalue weighted by Gasteiger charge is 2.04. The van der Waals surface area contributed by atoms with E-state index in [2.05, 4.69) is 15.4 Å². The summed E-state index contributed by atoms with van der Waals surface area (Å²) in [5.74, 6) is -0.158. The van der Waals surface area contributed by atoms with Crippen LogP contribution in [-0.2, 0) is 6.54 Å². The fraction of sp³-hybridized carbons (Fsp3) is 0.200. The van der Waals surface area contributed by atoms with E-state index in [9.17, 15) is 4.39 Å². The average molecular weight is 286 g/mol. The summed E-state index contributed by atoms with van der Waals surface area (Å²) in [6.45, 7) is 2.49. The Bertz CT molecular complexity index is 784. The molecule has 3 rings (SSSR count). The quantitative estimate of drug-likeness (QED) is 0.801. The molecule has 21 heavy (non-hydrogen) atoms. The second-order valence-electron chi connectivity index (χ2n) is 4.75. The Morgan fingerprint density at radius 1 is 1.33 bits per heavy atom. The predicted octanol–water partition coefficient (Wildman–Crippen LogP) is 2.80. The maximum absolute atomic E-state index is 13.3. The summed E-state index contributed by atoms with van der Waals surface area (Å²) in [6.07, 6.45) is 3.72. The van der Waals surface area contributed by atoms with Gasteiger partial charge in [0.1, 0.15) is 0 Å². The molecule has 0 saturated heterocycles. The van der Waals surface area contributed by atoms with E-state index in [1.165, 1.54) is 13.2 Å². The van der Waals surface area contributed by atoms with Crippen molar-refractivity contribution in [1.29, 1.82) is 0 Å². The van der Waals surface area contributed by atoms with Crippen LogP contribution in [0.5, 0.6) is 5.75 Å². The van der Waals surface area contributed by atoms with E-state index in [0.717, 1.165) is 22.6 Å². The average Bonchev–Trinajstić information content (AvgIpc) is 2.85. The monoisotopic (exact) mass is 286 g/mol. The van der Waals surface area contributed by atoms with Crippen molar-refractivity contribution in [2.24, 2.45) is 0 Å². The highest BCUT2D eigenvalue weighted by Crippen LogP contribution is 2.21. The lowest BCUT2D eigenvalue weighted by molar-refractivity contribution is 0.387. The van der Waals surface area contributed by atoms with Crippen LogP contribution in [0.1, 0.15) is 11.3 Å². The van der Waals surface area contributed by atoms with Gasteiger partial charge in [-0.25, -0.2) is 13.9 Å². The predicted molar refractivity (Wildman–Crippen MR) is 78.0 cm³/mol. The number of ether oxygens (including phenoxy) is 1. The van der Waals surface area contributed by atoms with E-state index < -0.39 is 0 Å². The van der Waals surface area contributed by atoms with E-state index in [1.807, 2.05) is 19.2 Å². The number of anilines is 1. The van der Waals surface area contributed by atoms with Crippen molar-refractivity contribution >= 4 is 11.3 Å². The Labute approximate surface area is 121 Å². The first-order valence-electron chi connectivity index (χ1n) is 6.54. The maximum Gasteiger partial charge on any atom is 0.165 e. The topological polar surface area (TPSA) is 51.5 Å². The highest BCUT2D eigenvalue weighted by atomic mass is 19.1. The zero-order valence-electron chi connectivity index (χ0n) is 11.8. The molecule has 2 aromatic heterocycles. The second-order valence-corrected chi connectivity index (χ2v) is 4.75. The first kappa shape index (κ1) is 13.4. The van der Waals surface area contributed by atoms with Crippen LogP contribution < -0.4 is 10.1 Å². The second kappa shape index (κ2) is 5.40. The van der Waals surface area contributed by atoms with Gasteiger partial charge in [0.05, 0.1) is 12.8 Å². The number of nitrogens with zero attached hydrogens (tertiary/aromatic N) is 3. The maximum atomic E-state index is 13.3. The summed E-state index contributed by atoms with van der Waals surface area (Å²) in [5.41, 5.74) is 3.51. The van der Waals surface area contributed by atoms with Crippen molar-refractivity contribution in [3.63, 3.8) is 0 Å². The standard InChI is InChI=1S/C15H15FN4O/c1-10-5-15-18-8-11(9-20(15)19-10)7-17-12-3-4-13(16)14(6-12)21-2/h3-6,8-9,17H,7H2,1-2H3. The number of aromatic nitrogens is 3. The van der Waals surface area contributed by atoms with Crippen LogP contribution in [0.25, 0.3) is 5.65 Å². The molecule has 0 atom stereocenters. The molecular weight excluding hydrogens is 271 g/mol. The van der Waals surface area contributed by atoms with Gasteiger partial charge >= 0.3 is 0 Å². The minimum atomic E-state index is -0.377. The summed E-state index contributed by atoms with van der Waals surface area (Å²) in [7, 11) is 1.44. The molecule has 5 nitrogen and oxygen atoms in total. The van der Waals surface area contributed by atoms with E-state index in [1.54, 1.807) is 22.8 Å². The largest absolute Gasteiger partial charge is 0.494 e. The Kier molecular flexibility index (Phi) is 3.43. The van der Waals surface area contributed by atoms with Gasteiger partial charge in [0, 0.05) is 42.3 Å². The number of hydrogen-bond donors (Lipinski definition) is 1. The number of aryl methyl sites for hydroxylation is 1. The zero-order chi connectivity index (χ0) is 14.8. The molecular formula is C15H15FN4O. The molecule has 1 aromatic carbocycles. The van der Waals surface area contributed by atoms with Crippen LogP contribution in [0.3, 0.4) is 0 Å². The van der Waals surface area contributed by atoms with Crippen LogP contribution in [0.15, 0.2) is 36.7 Å². The number of fused-ring (bicyclic) bond motifs is 1. The van der Waals surface area contributed by atoms with Crippen LogP contribution in [0, 0.1) is 12.7 Å². The number of methoxy groups -OCH3 is 1. The lowest BCUT2D eigenvalue weighted by Crippen LogP contribution is -2.03. The molecule has 3 aromatic rings. The molecule has 0 fully saturated rings. The first-order chi connectivity index (χ1) is 10.2. The lowest BCUT2D eigenvalue weighted by atomic mass is 10.2. The molecule has 6 heteroatoms.